The van der Waals surface area contributed by atoms with Gasteiger partial charge >= 0.3 is 5.97 Å². The number of nitrogens with one attached hydrogen (secondary N) is 1. The Kier molecular flexibility index (Phi) is 6.70. The first kappa shape index (κ1) is 19.1. The second kappa shape index (κ2) is 8.76. The number of hydrogen-bond acceptors (Lipinski definition) is 3. The van der Waals surface area contributed by atoms with Crippen LogP contribution in [-0.4, -0.2) is 17.9 Å². The number of carbonyl (C=O) groups excluding carboxylic acids is 2. The smallest absolute Gasteiger partial charge is 0.329 e. The van der Waals surface area contributed by atoms with E-state index in [1.165, 1.54) is 12.1 Å². The lowest BCUT2D eigenvalue weighted by Gasteiger charge is -2.21. The van der Waals surface area contributed by atoms with Crippen molar-refractivity contribution >= 4 is 27.8 Å². The zero-order chi connectivity index (χ0) is 18.4. The summed E-state index contributed by atoms with van der Waals surface area (Å²) in [4.78, 5) is 24.6. The van der Waals surface area contributed by atoms with Crippen molar-refractivity contribution in [1.82, 2.24) is 5.32 Å². The number of amides is 1. The van der Waals surface area contributed by atoms with Crippen molar-refractivity contribution in [2.24, 2.45) is 5.92 Å². The van der Waals surface area contributed by atoms with Gasteiger partial charge in [-0.05, 0) is 30.2 Å². The van der Waals surface area contributed by atoms with Crippen molar-refractivity contribution < 1.29 is 18.7 Å². The number of hydrogen-bond donors (Lipinski definition) is 1. The summed E-state index contributed by atoms with van der Waals surface area (Å²) < 4.78 is 18.9. The largest absolute Gasteiger partial charge is 0.459 e. The summed E-state index contributed by atoms with van der Waals surface area (Å²) in [6.45, 7) is 3.64. The van der Waals surface area contributed by atoms with E-state index in [1.54, 1.807) is 30.3 Å². The molecule has 0 aliphatic heterocycles. The average Bonchev–Trinajstić information content (AvgIpc) is 2.59. The number of rotatable bonds is 6. The Bertz CT molecular complexity index is 750. The molecule has 2 aromatic rings. The third kappa shape index (κ3) is 5.39. The average molecular weight is 408 g/mol. The van der Waals surface area contributed by atoms with Gasteiger partial charge in [-0.15, -0.1) is 0 Å². The van der Waals surface area contributed by atoms with Crippen LogP contribution in [0, 0.1) is 11.7 Å². The summed E-state index contributed by atoms with van der Waals surface area (Å²) in [6, 6.07) is 12.0. The minimum atomic E-state index is -0.771. The summed E-state index contributed by atoms with van der Waals surface area (Å²) in [6.07, 6.45) is 0. The van der Waals surface area contributed by atoms with Gasteiger partial charge in [0.2, 0.25) is 0 Å². The fourth-order valence-corrected chi connectivity index (χ4v) is 2.65. The van der Waals surface area contributed by atoms with E-state index >= 15 is 0 Å². The standard InChI is InChI=1S/C19H19BrFNO3/c1-12(2)17(22-18(23)13-6-4-3-5-7-13)19(24)25-11-14-8-9-15(21)10-16(14)20/h3-10,12,17H,11H2,1-2H3,(H,22,23)/t17-/m0/s1. The number of esters is 1. The molecule has 0 fully saturated rings. The molecule has 0 saturated heterocycles. The summed E-state index contributed by atoms with van der Waals surface area (Å²) in [5.41, 5.74) is 1.12. The first-order chi connectivity index (χ1) is 11.9. The minimum Gasteiger partial charge on any atom is -0.459 e. The van der Waals surface area contributed by atoms with Gasteiger partial charge in [-0.2, -0.15) is 0 Å². The lowest BCUT2D eigenvalue weighted by Crippen LogP contribution is -2.45. The van der Waals surface area contributed by atoms with E-state index < -0.39 is 12.0 Å². The van der Waals surface area contributed by atoms with E-state index in [-0.39, 0.29) is 24.2 Å². The fraction of sp³-hybridized carbons (Fsp3) is 0.263. The Morgan fingerprint density at radius 3 is 2.44 bits per heavy atom. The Hall–Kier alpha value is -2.21. The van der Waals surface area contributed by atoms with Crippen molar-refractivity contribution in [3.8, 4) is 0 Å². The maximum atomic E-state index is 13.1. The Morgan fingerprint density at radius 2 is 1.84 bits per heavy atom. The number of benzene rings is 2. The molecule has 1 N–H and O–H groups in total. The molecular formula is C19H19BrFNO3. The van der Waals surface area contributed by atoms with Crippen LogP contribution in [0.1, 0.15) is 29.8 Å². The van der Waals surface area contributed by atoms with Gasteiger partial charge in [0.15, 0.2) is 0 Å². The molecule has 4 nitrogen and oxygen atoms in total. The van der Waals surface area contributed by atoms with Gasteiger partial charge in [0, 0.05) is 15.6 Å². The molecular weight excluding hydrogens is 389 g/mol. The molecule has 1 amide bonds. The quantitative estimate of drug-likeness (QED) is 0.733. The van der Waals surface area contributed by atoms with Crippen LogP contribution < -0.4 is 5.32 Å². The molecule has 25 heavy (non-hydrogen) atoms. The number of carbonyl (C=O) groups is 2. The molecule has 0 aromatic heterocycles. The number of ether oxygens (including phenoxy) is 1. The molecule has 0 unspecified atom stereocenters. The first-order valence-electron chi connectivity index (χ1n) is 7.85. The van der Waals surface area contributed by atoms with E-state index in [1.807, 2.05) is 19.9 Å². The predicted molar refractivity (Wildman–Crippen MR) is 96.4 cm³/mol. The normalized spacial score (nSPS) is 11.9. The third-order valence-corrected chi connectivity index (χ3v) is 4.37. The van der Waals surface area contributed by atoms with E-state index in [0.29, 0.717) is 15.6 Å². The van der Waals surface area contributed by atoms with Gasteiger partial charge in [0.05, 0.1) is 0 Å². The summed E-state index contributed by atoms with van der Waals surface area (Å²) in [5.74, 6) is -1.39. The molecule has 0 heterocycles. The van der Waals surface area contributed by atoms with Crippen LogP contribution in [0.5, 0.6) is 0 Å². The first-order valence-corrected chi connectivity index (χ1v) is 8.64. The van der Waals surface area contributed by atoms with E-state index in [2.05, 4.69) is 21.2 Å². The predicted octanol–water partition coefficient (Wildman–Crippen LogP) is 4.09. The third-order valence-electron chi connectivity index (χ3n) is 3.63. The molecule has 0 aliphatic carbocycles. The molecule has 1 atom stereocenters. The SMILES string of the molecule is CC(C)[C@H](NC(=O)c1ccccc1)C(=O)OCc1ccc(F)cc1Br. The van der Waals surface area contributed by atoms with Gasteiger partial charge in [-0.3, -0.25) is 4.79 Å². The number of halogens is 2. The zero-order valence-electron chi connectivity index (χ0n) is 14.0. The highest BCUT2D eigenvalue weighted by Gasteiger charge is 2.26. The maximum absolute atomic E-state index is 13.1. The lowest BCUT2D eigenvalue weighted by molar-refractivity contribution is -0.148. The van der Waals surface area contributed by atoms with Crippen LogP contribution in [0.4, 0.5) is 4.39 Å². The Labute approximate surface area is 154 Å². The van der Waals surface area contributed by atoms with Gasteiger partial charge in [-0.1, -0.05) is 54.0 Å². The van der Waals surface area contributed by atoms with Crippen molar-refractivity contribution in [3.63, 3.8) is 0 Å². The molecule has 0 aliphatic rings. The van der Waals surface area contributed by atoms with Gasteiger partial charge < -0.3 is 10.1 Å². The summed E-state index contributed by atoms with van der Waals surface area (Å²) >= 11 is 3.23. The molecule has 0 saturated carbocycles. The van der Waals surface area contributed by atoms with Crippen LogP contribution in [0.3, 0.4) is 0 Å². The van der Waals surface area contributed by atoms with Crippen molar-refractivity contribution in [3.05, 3.63) is 69.9 Å². The molecule has 0 spiro atoms. The van der Waals surface area contributed by atoms with Crippen LogP contribution in [0.25, 0.3) is 0 Å². The second-order valence-corrected chi connectivity index (χ2v) is 6.76. The highest BCUT2D eigenvalue weighted by atomic mass is 79.9. The summed E-state index contributed by atoms with van der Waals surface area (Å²) in [5, 5.41) is 2.71. The molecule has 0 bridgehead atoms. The van der Waals surface area contributed by atoms with Crippen LogP contribution in [-0.2, 0) is 16.1 Å². The van der Waals surface area contributed by atoms with Crippen molar-refractivity contribution in [2.75, 3.05) is 0 Å². The summed E-state index contributed by atoms with van der Waals surface area (Å²) in [7, 11) is 0. The van der Waals surface area contributed by atoms with Crippen molar-refractivity contribution in [2.45, 2.75) is 26.5 Å². The lowest BCUT2D eigenvalue weighted by atomic mass is 10.0. The Balaban J connectivity index is 2.01. The zero-order valence-corrected chi connectivity index (χ0v) is 15.5. The second-order valence-electron chi connectivity index (χ2n) is 5.90. The van der Waals surface area contributed by atoms with E-state index in [0.717, 1.165) is 0 Å². The minimum absolute atomic E-state index is 0.00980. The fourth-order valence-electron chi connectivity index (χ4n) is 2.19. The van der Waals surface area contributed by atoms with E-state index in [4.69, 9.17) is 4.74 Å². The molecule has 132 valence electrons. The van der Waals surface area contributed by atoms with E-state index in [9.17, 15) is 14.0 Å². The van der Waals surface area contributed by atoms with Gasteiger partial charge in [0.25, 0.3) is 5.91 Å². The molecule has 0 radical (unpaired) electrons. The maximum Gasteiger partial charge on any atom is 0.329 e. The van der Waals surface area contributed by atoms with Crippen LogP contribution >= 0.6 is 15.9 Å². The van der Waals surface area contributed by atoms with Gasteiger partial charge in [0.1, 0.15) is 18.5 Å². The Morgan fingerprint density at radius 1 is 1.16 bits per heavy atom. The molecule has 2 rings (SSSR count). The van der Waals surface area contributed by atoms with Crippen molar-refractivity contribution in [1.29, 1.82) is 0 Å². The van der Waals surface area contributed by atoms with Crippen LogP contribution in [0.15, 0.2) is 53.0 Å². The molecule has 6 heteroatoms. The monoisotopic (exact) mass is 407 g/mol. The van der Waals surface area contributed by atoms with Gasteiger partial charge in [-0.25, -0.2) is 9.18 Å². The highest BCUT2D eigenvalue weighted by Crippen LogP contribution is 2.19. The molecule has 2 aromatic carbocycles. The topological polar surface area (TPSA) is 55.4 Å². The van der Waals surface area contributed by atoms with Crippen LogP contribution in [0.2, 0.25) is 0 Å². The highest BCUT2D eigenvalue weighted by molar-refractivity contribution is 9.10.